The molecule has 0 spiro atoms. The molecule has 2 rings (SSSR count). The highest BCUT2D eigenvalue weighted by Crippen LogP contribution is 2.12. The molecule has 0 aliphatic rings. The van der Waals surface area contributed by atoms with Gasteiger partial charge in [0.2, 0.25) is 0 Å². The maximum absolute atomic E-state index is 11.6. The number of hydrogen-bond acceptors (Lipinski definition) is 6. The second kappa shape index (κ2) is 4.66. The Morgan fingerprint density at radius 3 is 2.88 bits per heavy atom. The molecule has 2 aromatic heterocycles. The van der Waals surface area contributed by atoms with E-state index in [0.29, 0.717) is 0 Å². The van der Waals surface area contributed by atoms with Gasteiger partial charge in [-0.25, -0.2) is 9.78 Å². The molecule has 2 aromatic rings. The van der Waals surface area contributed by atoms with Crippen LogP contribution < -0.4 is 5.32 Å². The largest absolute Gasteiger partial charge is 0.478 e. The molecule has 0 fully saturated rings. The Morgan fingerprint density at radius 2 is 2.24 bits per heavy atom. The van der Waals surface area contributed by atoms with Gasteiger partial charge in [0.05, 0.1) is 0 Å². The van der Waals surface area contributed by atoms with E-state index in [1.54, 1.807) is 0 Å². The van der Waals surface area contributed by atoms with Gasteiger partial charge < -0.3 is 10.4 Å². The van der Waals surface area contributed by atoms with Crippen molar-refractivity contribution in [1.29, 1.82) is 0 Å². The third-order valence-electron chi connectivity index (χ3n) is 1.86. The number of rotatable bonds is 3. The fourth-order valence-electron chi connectivity index (χ4n) is 1.11. The third kappa shape index (κ3) is 2.42. The highest BCUT2D eigenvalue weighted by molar-refractivity contribution is 7.03. The van der Waals surface area contributed by atoms with Gasteiger partial charge in [0.25, 0.3) is 5.91 Å². The number of carboxylic acid groups (broad SMARTS) is 1. The number of carbonyl (C=O) groups excluding carboxylic acids is 1. The fraction of sp³-hybridized carbons (Fsp3) is 0. The smallest absolute Gasteiger partial charge is 0.339 e. The van der Waals surface area contributed by atoms with Crippen molar-refractivity contribution in [1.82, 2.24) is 14.6 Å². The molecule has 0 atom stereocenters. The topological polar surface area (TPSA) is 105 Å². The van der Waals surface area contributed by atoms with Crippen LogP contribution in [0, 0.1) is 0 Å². The van der Waals surface area contributed by atoms with Gasteiger partial charge in [-0.3, -0.25) is 4.79 Å². The number of nitrogens with zero attached hydrogens (tertiary/aromatic N) is 3. The summed E-state index contributed by atoms with van der Waals surface area (Å²) < 4.78 is 3.54. The summed E-state index contributed by atoms with van der Waals surface area (Å²) in [6, 6.07) is 2.83. The number of aromatic carboxylic acids is 1. The van der Waals surface area contributed by atoms with Crippen LogP contribution in [0.3, 0.4) is 0 Å². The minimum absolute atomic E-state index is 0.0157. The predicted molar refractivity (Wildman–Crippen MR) is 59.1 cm³/mol. The van der Waals surface area contributed by atoms with Crippen molar-refractivity contribution in [2.45, 2.75) is 0 Å². The summed E-state index contributed by atoms with van der Waals surface area (Å²) in [7, 11) is 0. The number of pyridine rings is 1. The van der Waals surface area contributed by atoms with Gasteiger partial charge in [0, 0.05) is 11.6 Å². The zero-order valence-electron chi connectivity index (χ0n) is 8.32. The van der Waals surface area contributed by atoms with Crippen LogP contribution in [0.15, 0.2) is 23.7 Å². The Bertz CT molecular complexity index is 555. The van der Waals surface area contributed by atoms with E-state index in [-0.39, 0.29) is 17.1 Å². The van der Waals surface area contributed by atoms with Crippen molar-refractivity contribution >= 4 is 29.2 Å². The Balaban J connectivity index is 2.25. The molecule has 0 radical (unpaired) electrons. The van der Waals surface area contributed by atoms with E-state index < -0.39 is 11.9 Å². The van der Waals surface area contributed by atoms with Gasteiger partial charge in [-0.1, -0.05) is 4.49 Å². The first kappa shape index (κ1) is 11.1. The normalized spacial score (nSPS) is 9.88. The van der Waals surface area contributed by atoms with Gasteiger partial charge >= 0.3 is 5.97 Å². The Morgan fingerprint density at radius 1 is 1.41 bits per heavy atom. The zero-order chi connectivity index (χ0) is 12.3. The first-order valence-corrected chi connectivity index (χ1v) is 5.29. The Hall–Kier alpha value is -2.35. The number of amides is 1. The number of carboxylic acids is 1. The van der Waals surface area contributed by atoms with E-state index in [2.05, 4.69) is 19.9 Å². The van der Waals surface area contributed by atoms with Gasteiger partial charge in [-0.05, 0) is 23.7 Å². The van der Waals surface area contributed by atoms with Crippen LogP contribution in [0.4, 0.5) is 5.82 Å². The summed E-state index contributed by atoms with van der Waals surface area (Å²) in [6.45, 7) is 0. The van der Waals surface area contributed by atoms with Crippen molar-refractivity contribution in [3.8, 4) is 0 Å². The quantitative estimate of drug-likeness (QED) is 0.837. The average molecular weight is 250 g/mol. The highest BCUT2D eigenvalue weighted by atomic mass is 32.1. The molecule has 86 valence electrons. The van der Waals surface area contributed by atoms with E-state index in [9.17, 15) is 9.59 Å². The number of aromatic nitrogens is 3. The molecule has 8 heteroatoms. The lowest BCUT2D eigenvalue weighted by molar-refractivity contribution is 0.0697. The van der Waals surface area contributed by atoms with Crippen LogP contribution in [0.5, 0.6) is 0 Å². The molecule has 17 heavy (non-hydrogen) atoms. The molecule has 0 aromatic carbocycles. The van der Waals surface area contributed by atoms with Crippen LogP contribution >= 0.6 is 11.5 Å². The summed E-state index contributed by atoms with van der Waals surface area (Å²) in [4.78, 5) is 26.3. The van der Waals surface area contributed by atoms with Crippen LogP contribution in [0.25, 0.3) is 0 Å². The number of anilines is 1. The fourth-order valence-corrected chi connectivity index (χ4v) is 1.55. The molecule has 2 heterocycles. The summed E-state index contributed by atoms with van der Waals surface area (Å²) in [5.41, 5.74) is 0.0426. The van der Waals surface area contributed by atoms with Gasteiger partial charge in [0.1, 0.15) is 11.4 Å². The van der Waals surface area contributed by atoms with Gasteiger partial charge in [-0.15, -0.1) is 5.10 Å². The van der Waals surface area contributed by atoms with E-state index in [1.807, 2.05) is 0 Å². The first-order chi connectivity index (χ1) is 8.18. The van der Waals surface area contributed by atoms with E-state index >= 15 is 0 Å². The molecule has 0 aliphatic carbocycles. The molecule has 7 nitrogen and oxygen atoms in total. The second-order valence-corrected chi connectivity index (χ2v) is 3.56. The van der Waals surface area contributed by atoms with Crippen LogP contribution in [0.1, 0.15) is 20.8 Å². The van der Waals surface area contributed by atoms with Crippen LogP contribution in [-0.4, -0.2) is 31.6 Å². The lowest BCUT2D eigenvalue weighted by Gasteiger charge is -2.04. The van der Waals surface area contributed by atoms with Crippen LogP contribution in [0.2, 0.25) is 0 Å². The summed E-state index contributed by atoms with van der Waals surface area (Å²) in [6.07, 6.45) is 1.39. The molecule has 0 bridgehead atoms. The summed E-state index contributed by atoms with van der Waals surface area (Å²) >= 11 is 1.03. The maximum Gasteiger partial charge on any atom is 0.339 e. The standard InChI is InChI=1S/C9H6N4O3S/c14-8(6-4-17-13-12-6)11-7-5(9(15)16)2-1-3-10-7/h1-4H,(H,15,16)(H,10,11,14). The van der Waals surface area contributed by atoms with Gasteiger partial charge in [-0.2, -0.15) is 0 Å². The monoisotopic (exact) mass is 250 g/mol. The molecule has 0 unspecified atom stereocenters. The van der Waals surface area contributed by atoms with Crippen molar-refractivity contribution in [3.05, 3.63) is 35.0 Å². The molecule has 0 aliphatic heterocycles. The van der Waals surface area contributed by atoms with Gasteiger partial charge in [0.15, 0.2) is 5.69 Å². The summed E-state index contributed by atoms with van der Waals surface area (Å²) in [5.74, 6) is -1.72. The minimum atomic E-state index is -1.16. The molecule has 1 amide bonds. The molecule has 0 saturated heterocycles. The molecule has 0 saturated carbocycles. The Labute approximate surface area is 99.3 Å². The van der Waals surface area contributed by atoms with Crippen molar-refractivity contribution < 1.29 is 14.7 Å². The SMILES string of the molecule is O=C(Nc1ncccc1C(=O)O)c1csnn1. The molecular formula is C9H6N4O3S. The average Bonchev–Trinajstić information content (AvgIpc) is 2.83. The predicted octanol–water partition coefficient (Wildman–Crippen LogP) is 0.884. The second-order valence-electron chi connectivity index (χ2n) is 2.95. The first-order valence-electron chi connectivity index (χ1n) is 4.45. The maximum atomic E-state index is 11.6. The number of carbonyl (C=O) groups is 2. The minimum Gasteiger partial charge on any atom is -0.478 e. The number of nitrogens with one attached hydrogen (secondary N) is 1. The van der Waals surface area contributed by atoms with Crippen molar-refractivity contribution in [2.24, 2.45) is 0 Å². The lowest BCUT2D eigenvalue weighted by atomic mass is 10.2. The molecular weight excluding hydrogens is 244 g/mol. The van der Waals surface area contributed by atoms with Crippen molar-refractivity contribution in [2.75, 3.05) is 5.32 Å². The summed E-state index contributed by atoms with van der Waals surface area (Å²) in [5, 5.41) is 16.3. The lowest BCUT2D eigenvalue weighted by Crippen LogP contribution is -2.16. The third-order valence-corrected chi connectivity index (χ3v) is 2.37. The Kier molecular flexibility index (Phi) is 3.06. The van der Waals surface area contributed by atoms with E-state index in [1.165, 1.54) is 23.7 Å². The zero-order valence-corrected chi connectivity index (χ0v) is 9.14. The number of hydrogen-bond donors (Lipinski definition) is 2. The molecule has 2 N–H and O–H groups in total. The highest BCUT2D eigenvalue weighted by Gasteiger charge is 2.15. The van der Waals surface area contributed by atoms with E-state index in [0.717, 1.165) is 11.5 Å². The van der Waals surface area contributed by atoms with Crippen LogP contribution in [-0.2, 0) is 0 Å². The van der Waals surface area contributed by atoms with Crippen molar-refractivity contribution in [3.63, 3.8) is 0 Å². The van der Waals surface area contributed by atoms with E-state index in [4.69, 9.17) is 5.11 Å².